The van der Waals surface area contributed by atoms with Crippen LogP contribution in [0, 0.1) is 12.7 Å². The van der Waals surface area contributed by atoms with E-state index in [2.05, 4.69) is 15.4 Å². The molecule has 1 aliphatic carbocycles. The Morgan fingerprint density at radius 1 is 1.16 bits per heavy atom. The van der Waals surface area contributed by atoms with E-state index in [1.807, 2.05) is 37.4 Å². The molecule has 0 bridgehead atoms. The molecule has 3 N–H and O–H groups in total. The summed E-state index contributed by atoms with van der Waals surface area (Å²) in [5, 5.41) is 8.30. The molecule has 8 nitrogen and oxygen atoms in total. The minimum absolute atomic E-state index is 0.0440. The van der Waals surface area contributed by atoms with Gasteiger partial charge in [-0.3, -0.25) is 4.79 Å². The first-order chi connectivity index (χ1) is 20.8. The highest BCUT2D eigenvalue weighted by Crippen LogP contribution is 2.35. The Balaban J connectivity index is 1.51. The first kappa shape index (κ1) is 31.1. The summed E-state index contributed by atoms with van der Waals surface area (Å²) in [6.07, 6.45) is 0.284. The van der Waals surface area contributed by atoms with Crippen LogP contribution in [-0.4, -0.2) is 58.7 Å². The van der Waals surface area contributed by atoms with Crippen LogP contribution in [0.25, 0.3) is 16.6 Å². The largest absolute Gasteiger partial charge is 0.497 e. The number of aryl methyl sites for hydroxylation is 1. The maximum Gasteiger partial charge on any atom is 0.471 e. The maximum absolute atomic E-state index is 14.0. The van der Waals surface area contributed by atoms with Gasteiger partial charge in [-0.1, -0.05) is 17.7 Å². The van der Waals surface area contributed by atoms with Crippen LogP contribution >= 0.6 is 11.6 Å². The summed E-state index contributed by atoms with van der Waals surface area (Å²) in [5.74, 6) is -1.59. The number of benzene rings is 2. The van der Waals surface area contributed by atoms with Crippen LogP contribution < -0.4 is 15.8 Å². The Kier molecular flexibility index (Phi) is 8.73. The summed E-state index contributed by atoms with van der Waals surface area (Å²) in [6.45, 7) is 1.98. The zero-order valence-electron chi connectivity index (χ0n) is 24.3. The number of ether oxygens (including phenoxy) is 1. The molecule has 1 amide bonds. The third-order valence-electron chi connectivity index (χ3n) is 7.96. The van der Waals surface area contributed by atoms with Crippen LogP contribution in [0.2, 0.25) is 5.02 Å². The second-order valence-corrected chi connectivity index (χ2v) is 11.2. The lowest BCUT2D eigenvalue weighted by molar-refractivity contribution is -0.186. The normalized spacial score (nSPS) is 17.5. The van der Waals surface area contributed by atoms with Gasteiger partial charge in [0.25, 0.3) is 0 Å². The number of amidine groups is 1. The van der Waals surface area contributed by atoms with Crippen molar-refractivity contribution in [2.24, 2.45) is 10.7 Å². The zero-order valence-corrected chi connectivity index (χ0v) is 25.0. The van der Waals surface area contributed by atoms with Crippen LogP contribution in [0.5, 0.6) is 5.75 Å². The number of alkyl halides is 3. The second kappa shape index (κ2) is 12.4. The quantitative estimate of drug-likeness (QED) is 0.132. The molecule has 0 saturated heterocycles. The molecule has 0 aliphatic heterocycles. The van der Waals surface area contributed by atoms with E-state index in [1.54, 1.807) is 17.8 Å². The van der Waals surface area contributed by atoms with Gasteiger partial charge in [0.2, 0.25) is 0 Å². The number of methoxy groups -OCH3 is 1. The maximum atomic E-state index is 14.0. The third-order valence-corrected chi connectivity index (χ3v) is 8.28. The molecule has 44 heavy (non-hydrogen) atoms. The lowest BCUT2D eigenvalue weighted by atomic mass is 9.90. The van der Waals surface area contributed by atoms with E-state index < -0.39 is 23.9 Å². The molecule has 5 rings (SSSR count). The number of halogens is 5. The molecular formula is C31H31ClF4N6O2. The number of nitrogens with zero attached hydrogens (tertiary/aromatic N) is 4. The van der Waals surface area contributed by atoms with Gasteiger partial charge in [0.15, 0.2) is 0 Å². The average molecular weight is 631 g/mol. The van der Waals surface area contributed by atoms with Crippen LogP contribution in [0.3, 0.4) is 0 Å². The van der Waals surface area contributed by atoms with Crippen LogP contribution in [0.15, 0.2) is 59.9 Å². The van der Waals surface area contributed by atoms with Gasteiger partial charge in [-0.2, -0.15) is 18.3 Å². The van der Waals surface area contributed by atoms with Gasteiger partial charge in [0, 0.05) is 37.0 Å². The molecule has 232 valence electrons. The van der Waals surface area contributed by atoms with Gasteiger partial charge in [-0.25, -0.2) is 13.9 Å². The Morgan fingerprint density at radius 2 is 1.89 bits per heavy atom. The smallest absolute Gasteiger partial charge is 0.471 e. The summed E-state index contributed by atoms with van der Waals surface area (Å²) in [5.41, 5.74) is 11.2. The number of carbonyl (C=O) groups excluding carboxylic acids is 1. The highest BCUT2D eigenvalue weighted by molar-refractivity contribution is 6.33. The monoisotopic (exact) mass is 630 g/mol. The number of aliphatic imine (C=N–C) groups is 1. The molecule has 4 aromatic rings. The first-order valence-electron chi connectivity index (χ1n) is 13.9. The number of nitrogens with one attached hydrogen (secondary N) is 1. The van der Waals surface area contributed by atoms with E-state index >= 15 is 0 Å². The SMILES string of the molecule is COc1ccc(-c2cc3c(N[C@H]4CC[C@H](N(C)C(=O)C(F)(F)F)CC4)c(C(N)=Nc4cc(F)ccc4Cl)cnn3c2)c(C)c1. The molecule has 1 fully saturated rings. The summed E-state index contributed by atoms with van der Waals surface area (Å²) >= 11 is 6.24. The standard InChI is InChI=1S/C31H31ClF4N6O2/c1-17-12-22(44-3)9-10-23(17)18-13-27-28(39-20-5-7-21(8-6-20)41(2)30(43)31(34,35)36)24(15-38-42(27)16-18)29(37)40-26-14-19(33)4-11-25(26)32/h4,9-16,20-21,39H,5-8H2,1-3H3,(H2,37,40)/t20-,21-. The predicted octanol–water partition coefficient (Wildman–Crippen LogP) is 6.89. The highest BCUT2D eigenvalue weighted by atomic mass is 35.5. The first-order valence-corrected chi connectivity index (χ1v) is 14.3. The highest BCUT2D eigenvalue weighted by Gasteiger charge is 2.43. The van der Waals surface area contributed by atoms with Crippen LogP contribution in [0.1, 0.15) is 36.8 Å². The summed E-state index contributed by atoms with van der Waals surface area (Å²) in [4.78, 5) is 17.0. The molecule has 1 aliphatic rings. The van der Waals surface area contributed by atoms with Crippen molar-refractivity contribution < 1.29 is 27.1 Å². The van der Waals surface area contributed by atoms with Gasteiger partial charge < -0.3 is 20.7 Å². The van der Waals surface area contributed by atoms with Crippen molar-refractivity contribution in [2.75, 3.05) is 19.5 Å². The molecule has 0 spiro atoms. The van der Waals surface area contributed by atoms with E-state index in [4.69, 9.17) is 22.1 Å². The number of aromatic nitrogens is 2. The summed E-state index contributed by atoms with van der Waals surface area (Å²) in [6, 6.07) is 10.8. The average Bonchev–Trinajstić information content (AvgIpc) is 3.42. The minimum atomic E-state index is -4.92. The van der Waals surface area contributed by atoms with Crippen LogP contribution in [-0.2, 0) is 4.79 Å². The van der Waals surface area contributed by atoms with Crippen molar-refractivity contribution in [1.82, 2.24) is 14.5 Å². The van der Waals surface area contributed by atoms with Crippen molar-refractivity contribution in [2.45, 2.75) is 50.9 Å². The topological polar surface area (TPSA) is 97.2 Å². The molecule has 1 saturated carbocycles. The lowest BCUT2D eigenvalue weighted by Crippen LogP contribution is -2.47. The van der Waals surface area contributed by atoms with E-state index in [0.29, 0.717) is 42.5 Å². The number of nitrogens with two attached hydrogens (primary N) is 1. The van der Waals surface area contributed by atoms with Crippen molar-refractivity contribution in [3.63, 3.8) is 0 Å². The van der Waals surface area contributed by atoms with Gasteiger partial charge in [-0.15, -0.1) is 0 Å². The number of hydrogen-bond acceptors (Lipinski definition) is 5. The molecule has 2 aromatic carbocycles. The number of fused-ring (bicyclic) bond motifs is 1. The van der Waals surface area contributed by atoms with Crippen molar-refractivity contribution in [3.05, 3.63) is 76.8 Å². The number of amides is 1. The molecule has 13 heteroatoms. The number of anilines is 1. The molecule has 0 radical (unpaired) electrons. The molecule has 2 heterocycles. The van der Waals surface area contributed by atoms with Crippen molar-refractivity contribution in [1.29, 1.82) is 0 Å². The Bertz CT molecular complexity index is 1730. The second-order valence-electron chi connectivity index (χ2n) is 10.8. The van der Waals surface area contributed by atoms with E-state index in [0.717, 1.165) is 27.3 Å². The predicted molar refractivity (Wildman–Crippen MR) is 162 cm³/mol. The lowest BCUT2D eigenvalue weighted by Gasteiger charge is -2.35. The fourth-order valence-corrected chi connectivity index (χ4v) is 5.74. The van der Waals surface area contributed by atoms with Gasteiger partial charge in [0.05, 0.1) is 40.8 Å². The third kappa shape index (κ3) is 6.45. The minimum Gasteiger partial charge on any atom is -0.497 e. The fraction of sp³-hybridized carbons (Fsp3) is 0.323. The summed E-state index contributed by atoms with van der Waals surface area (Å²) < 4.78 is 60.0. The molecule has 0 unspecified atom stereocenters. The Morgan fingerprint density at radius 3 is 2.55 bits per heavy atom. The van der Waals surface area contributed by atoms with E-state index in [-0.39, 0.29) is 22.6 Å². The van der Waals surface area contributed by atoms with Gasteiger partial charge >= 0.3 is 12.1 Å². The Labute approximate surface area is 256 Å². The van der Waals surface area contributed by atoms with Crippen molar-refractivity contribution in [3.8, 4) is 16.9 Å². The van der Waals surface area contributed by atoms with Crippen LogP contribution in [0.4, 0.5) is 28.9 Å². The summed E-state index contributed by atoms with van der Waals surface area (Å²) in [7, 11) is 2.80. The van der Waals surface area contributed by atoms with Crippen molar-refractivity contribution >= 4 is 40.2 Å². The Hall–Kier alpha value is -4.32. The number of carbonyl (C=O) groups is 1. The number of rotatable bonds is 7. The van der Waals surface area contributed by atoms with Gasteiger partial charge in [0.1, 0.15) is 17.4 Å². The van der Waals surface area contributed by atoms with E-state index in [1.165, 1.54) is 25.2 Å². The number of hydrogen-bond donors (Lipinski definition) is 2. The van der Waals surface area contributed by atoms with E-state index in [9.17, 15) is 22.4 Å². The molecular weight excluding hydrogens is 600 g/mol. The van der Waals surface area contributed by atoms with Gasteiger partial charge in [-0.05, 0) is 74.1 Å². The fourth-order valence-electron chi connectivity index (χ4n) is 5.58. The molecule has 0 atom stereocenters. The molecule has 2 aromatic heterocycles. The zero-order chi connectivity index (χ0) is 31.8.